The molecule has 0 N–H and O–H groups in total. The minimum Gasteiger partial charge on any atom is -0.0843 e. The second-order valence-electron chi connectivity index (χ2n) is 3.37. The van der Waals surface area contributed by atoms with Crippen LogP contribution in [0.5, 0.6) is 0 Å². The van der Waals surface area contributed by atoms with E-state index in [1.807, 2.05) is 24.3 Å². The highest BCUT2D eigenvalue weighted by molar-refractivity contribution is 14.1. The standard InChI is InChI=1S/2C6H2BrClI2/c2*7-6-4(9)1-3(8)2-5(6)10/h2*1-2H. The van der Waals surface area contributed by atoms with E-state index in [-0.39, 0.29) is 0 Å². The predicted octanol–water partition coefficient (Wildman–Crippen LogP) is 8.62. The maximum Gasteiger partial charge on any atom is 0.0443 e. The fraction of sp³-hybridized carbons (Fsp3) is 0. The number of hydrogen-bond donors (Lipinski definition) is 0. The molecule has 0 amide bonds. The summed E-state index contributed by atoms with van der Waals surface area (Å²) in [7, 11) is 0. The van der Waals surface area contributed by atoms with E-state index in [1.54, 1.807) is 0 Å². The van der Waals surface area contributed by atoms with E-state index in [4.69, 9.17) is 23.2 Å². The molecule has 0 aliphatic heterocycles. The topological polar surface area (TPSA) is 0 Å². The lowest BCUT2D eigenvalue weighted by molar-refractivity contribution is 1.53. The largest absolute Gasteiger partial charge is 0.0843 e. The molecule has 0 bridgehead atoms. The number of benzene rings is 2. The van der Waals surface area contributed by atoms with Gasteiger partial charge in [-0.2, -0.15) is 0 Å². The van der Waals surface area contributed by atoms with Gasteiger partial charge in [-0.25, -0.2) is 0 Å². The first-order valence-corrected chi connectivity index (χ1v) is 11.5. The highest BCUT2D eigenvalue weighted by atomic mass is 127. The van der Waals surface area contributed by atoms with E-state index in [0.29, 0.717) is 0 Å². The van der Waals surface area contributed by atoms with Crippen LogP contribution in [-0.2, 0) is 0 Å². The third kappa shape index (κ3) is 6.80. The zero-order valence-corrected chi connectivity index (χ0v) is 22.6. The fourth-order valence-corrected chi connectivity index (χ4v) is 6.22. The van der Waals surface area contributed by atoms with Gasteiger partial charge in [-0.15, -0.1) is 0 Å². The quantitative estimate of drug-likeness (QED) is 0.141. The molecule has 0 spiro atoms. The summed E-state index contributed by atoms with van der Waals surface area (Å²) in [5.41, 5.74) is 0. The van der Waals surface area contributed by atoms with Crippen molar-refractivity contribution in [2.45, 2.75) is 0 Å². The van der Waals surface area contributed by atoms with Crippen molar-refractivity contribution in [1.82, 2.24) is 0 Å². The normalized spacial score (nSPS) is 10.0. The second-order valence-corrected chi connectivity index (χ2v) is 10.5. The van der Waals surface area contributed by atoms with E-state index in [9.17, 15) is 0 Å². The van der Waals surface area contributed by atoms with Gasteiger partial charge in [0, 0.05) is 33.3 Å². The first-order valence-electron chi connectivity index (χ1n) is 4.82. The number of rotatable bonds is 0. The molecule has 0 fully saturated rings. The van der Waals surface area contributed by atoms with Crippen molar-refractivity contribution in [3.05, 3.63) is 57.5 Å². The fourth-order valence-electron chi connectivity index (χ4n) is 1.05. The molecule has 8 heteroatoms. The Labute approximate surface area is 199 Å². The first-order chi connectivity index (χ1) is 9.22. The van der Waals surface area contributed by atoms with Crippen molar-refractivity contribution >= 4 is 145 Å². The van der Waals surface area contributed by atoms with Gasteiger partial charge in [0.05, 0.1) is 0 Å². The molecule has 20 heavy (non-hydrogen) atoms. The molecule has 0 nitrogen and oxygen atoms in total. The Morgan fingerprint density at radius 2 is 0.800 bits per heavy atom. The van der Waals surface area contributed by atoms with Crippen LogP contribution in [0.25, 0.3) is 0 Å². The summed E-state index contributed by atoms with van der Waals surface area (Å²) in [6.07, 6.45) is 0. The maximum absolute atomic E-state index is 5.79. The molecular weight excluding hydrogens is 882 g/mol. The Kier molecular flexibility index (Phi) is 10.5. The van der Waals surface area contributed by atoms with Gasteiger partial charge in [-0.1, -0.05) is 23.2 Å². The van der Waals surface area contributed by atoms with Crippen LogP contribution in [0.3, 0.4) is 0 Å². The molecule has 0 radical (unpaired) electrons. The van der Waals surface area contributed by atoms with E-state index in [1.165, 1.54) is 0 Å². The summed E-state index contributed by atoms with van der Waals surface area (Å²) in [4.78, 5) is 0. The summed E-state index contributed by atoms with van der Waals surface area (Å²) in [5, 5.41) is 1.58. The van der Waals surface area contributed by atoms with Gasteiger partial charge in [0.2, 0.25) is 0 Å². The lowest BCUT2D eigenvalue weighted by atomic mass is 10.4. The average Bonchev–Trinajstić information content (AvgIpc) is 2.33. The Morgan fingerprint density at radius 1 is 0.600 bits per heavy atom. The van der Waals surface area contributed by atoms with Crippen LogP contribution in [0.1, 0.15) is 0 Å². The van der Waals surface area contributed by atoms with Crippen LogP contribution in [-0.4, -0.2) is 0 Å². The molecule has 0 atom stereocenters. The van der Waals surface area contributed by atoms with Crippen molar-refractivity contribution in [3.63, 3.8) is 0 Å². The summed E-state index contributed by atoms with van der Waals surface area (Å²) in [6, 6.07) is 7.70. The van der Waals surface area contributed by atoms with E-state index >= 15 is 0 Å². The molecule has 0 heterocycles. The lowest BCUT2D eigenvalue weighted by Gasteiger charge is -1.99. The van der Waals surface area contributed by atoms with Crippen molar-refractivity contribution in [2.75, 3.05) is 0 Å². The maximum atomic E-state index is 5.79. The van der Waals surface area contributed by atoms with Crippen LogP contribution in [0.2, 0.25) is 10.0 Å². The first kappa shape index (κ1) is 20.9. The third-order valence-electron chi connectivity index (χ3n) is 1.90. The smallest absolute Gasteiger partial charge is 0.0443 e. The van der Waals surface area contributed by atoms with Crippen molar-refractivity contribution in [1.29, 1.82) is 0 Å². The SMILES string of the molecule is Clc1cc(I)c(Br)c(I)c1.Clc1cc(I)c(Br)c(I)c1. The monoisotopic (exact) mass is 883 g/mol. The summed E-state index contributed by atoms with van der Waals surface area (Å²) in [5.74, 6) is 0. The molecule has 0 unspecified atom stereocenters. The van der Waals surface area contributed by atoms with Gasteiger partial charge < -0.3 is 0 Å². The molecule has 2 aromatic rings. The van der Waals surface area contributed by atoms with Crippen LogP contribution in [0.15, 0.2) is 33.2 Å². The Balaban J connectivity index is 0.000000200. The van der Waals surface area contributed by atoms with Gasteiger partial charge in [0.1, 0.15) is 0 Å². The number of halogens is 8. The molecule has 0 aliphatic carbocycles. The molecule has 0 aliphatic rings. The van der Waals surface area contributed by atoms with Crippen LogP contribution in [0, 0.1) is 14.3 Å². The molecule has 2 aromatic carbocycles. The molecule has 0 saturated carbocycles. The van der Waals surface area contributed by atoms with E-state index in [2.05, 4.69) is 122 Å². The Bertz CT molecular complexity index is 533. The van der Waals surface area contributed by atoms with Crippen molar-refractivity contribution < 1.29 is 0 Å². The van der Waals surface area contributed by atoms with E-state index in [0.717, 1.165) is 33.3 Å². The minimum atomic E-state index is 0.789. The van der Waals surface area contributed by atoms with Crippen molar-refractivity contribution in [3.8, 4) is 0 Å². The second kappa shape index (κ2) is 10.0. The molecule has 108 valence electrons. The highest BCUT2D eigenvalue weighted by Gasteiger charge is 2.02. The van der Waals surface area contributed by atoms with Gasteiger partial charge in [-0.05, 0) is 146 Å². The molecule has 0 saturated heterocycles. The van der Waals surface area contributed by atoms with Crippen molar-refractivity contribution in [2.24, 2.45) is 0 Å². The Morgan fingerprint density at radius 3 is 1.00 bits per heavy atom. The lowest BCUT2D eigenvalue weighted by Crippen LogP contribution is -1.79. The molecule has 2 rings (SSSR count). The van der Waals surface area contributed by atoms with Gasteiger partial charge in [-0.3, -0.25) is 0 Å². The van der Waals surface area contributed by atoms with Crippen LogP contribution < -0.4 is 0 Å². The van der Waals surface area contributed by atoms with Gasteiger partial charge in [0.15, 0.2) is 0 Å². The average molecular weight is 886 g/mol. The van der Waals surface area contributed by atoms with Crippen LogP contribution >= 0.6 is 145 Å². The summed E-state index contributed by atoms with van der Waals surface area (Å²) in [6.45, 7) is 0. The summed E-state index contributed by atoms with van der Waals surface area (Å²) >= 11 is 27.4. The Hall–Kier alpha value is 2.90. The highest BCUT2D eigenvalue weighted by Crippen LogP contribution is 2.29. The zero-order valence-electron chi connectivity index (χ0n) is 9.33. The zero-order chi connectivity index (χ0) is 15.4. The van der Waals surface area contributed by atoms with Gasteiger partial charge >= 0.3 is 0 Å². The van der Waals surface area contributed by atoms with Gasteiger partial charge in [0.25, 0.3) is 0 Å². The number of hydrogen-bond acceptors (Lipinski definition) is 0. The third-order valence-corrected chi connectivity index (χ3v) is 10.4. The predicted molar refractivity (Wildman–Crippen MR) is 129 cm³/mol. The molecular formula is C12H4Br2Cl2I4. The summed E-state index contributed by atoms with van der Waals surface area (Å²) < 4.78 is 6.84. The van der Waals surface area contributed by atoms with Crippen LogP contribution in [0.4, 0.5) is 0 Å². The minimum absolute atomic E-state index is 0.789. The van der Waals surface area contributed by atoms with E-state index < -0.39 is 0 Å². The molecule has 0 aromatic heterocycles.